The number of nitrogens with one attached hydrogen (secondary N) is 1. The van der Waals surface area contributed by atoms with Crippen LogP contribution < -0.4 is 5.32 Å². The molecular formula is C14H18N4. The molecule has 4 heteroatoms. The molecule has 0 bridgehead atoms. The number of fused-ring (bicyclic) bond motifs is 1. The predicted octanol–water partition coefficient (Wildman–Crippen LogP) is 2.10. The first kappa shape index (κ1) is 12.6. The minimum absolute atomic E-state index is 0.357. The fraction of sp³-hybridized carbons (Fsp3) is 0.429. The second kappa shape index (κ2) is 5.65. The Hall–Kier alpha value is -1.86. The van der Waals surface area contributed by atoms with Crippen LogP contribution in [0.4, 0.5) is 0 Å². The Balaban J connectivity index is 2.27. The zero-order valence-electron chi connectivity index (χ0n) is 10.8. The van der Waals surface area contributed by atoms with Crippen molar-refractivity contribution in [3.63, 3.8) is 0 Å². The summed E-state index contributed by atoms with van der Waals surface area (Å²) in [6.45, 7) is 5.98. The lowest BCUT2D eigenvalue weighted by molar-refractivity contribution is 0.540. The predicted molar refractivity (Wildman–Crippen MR) is 72.2 cm³/mol. The Bertz CT molecular complexity index is 563. The topological polar surface area (TPSA) is 53.6 Å². The van der Waals surface area contributed by atoms with Crippen molar-refractivity contribution in [2.45, 2.75) is 32.9 Å². The molecule has 0 amide bonds. The molecule has 0 spiro atoms. The van der Waals surface area contributed by atoms with E-state index in [0.717, 1.165) is 29.9 Å². The lowest BCUT2D eigenvalue weighted by Gasteiger charge is -2.11. The Kier molecular flexibility index (Phi) is 3.96. The van der Waals surface area contributed by atoms with Crippen molar-refractivity contribution < 1.29 is 0 Å². The quantitative estimate of drug-likeness (QED) is 0.873. The molecule has 4 nitrogen and oxygen atoms in total. The van der Waals surface area contributed by atoms with Gasteiger partial charge in [0.25, 0.3) is 0 Å². The van der Waals surface area contributed by atoms with E-state index in [2.05, 4.69) is 40.9 Å². The summed E-state index contributed by atoms with van der Waals surface area (Å²) in [6.07, 6.45) is 0.357. The van der Waals surface area contributed by atoms with E-state index in [4.69, 9.17) is 5.26 Å². The number of nitriles is 1. The molecule has 0 aliphatic rings. The van der Waals surface area contributed by atoms with Crippen LogP contribution in [0.5, 0.6) is 0 Å². The largest absolute Gasteiger partial charge is 0.326 e. The molecule has 0 saturated heterocycles. The normalized spacial score (nSPS) is 11.0. The maximum atomic E-state index is 8.86. The van der Waals surface area contributed by atoms with E-state index in [1.54, 1.807) is 0 Å². The SMILES string of the molecule is CC(C)NCCn1c(CC#N)nc2ccccc21. The van der Waals surface area contributed by atoms with Gasteiger partial charge in [0, 0.05) is 19.1 Å². The molecule has 0 saturated carbocycles. The average molecular weight is 242 g/mol. The number of para-hydroxylation sites is 2. The number of hydrogen-bond acceptors (Lipinski definition) is 3. The minimum Gasteiger partial charge on any atom is -0.326 e. The van der Waals surface area contributed by atoms with Gasteiger partial charge in [0.1, 0.15) is 5.82 Å². The molecule has 2 rings (SSSR count). The maximum Gasteiger partial charge on any atom is 0.124 e. The van der Waals surface area contributed by atoms with Gasteiger partial charge in [-0.1, -0.05) is 26.0 Å². The van der Waals surface area contributed by atoms with E-state index < -0.39 is 0 Å². The highest BCUT2D eigenvalue weighted by Gasteiger charge is 2.09. The van der Waals surface area contributed by atoms with Crippen molar-refractivity contribution >= 4 is 11.0 Å². The molecule has 0 atom stereocenters. The Morgan fingerprint density at radius 3 is 2.89 bits per heavy atom. The van der Waals surface area contributed by atoms with Crippen molar-refractivity contribution in [3.8, 4) is 6.07 Å². The van der Waals surface area contributed by atoms with E-state index in [-0.39, 0.29) is 0 Å². The molecule has 0 aliphatic heterocycles. The standard InChI is InChI=1S/C14H18N4/c1-11(2)16-9-10-18-13-6-4-3-5-12(13)17-14(18)7-8-15/h3-6,11,16H,7,9-10H2,1-2H3. The minimum atomic E-state index is 0.357. The van der Waals surface area contributed by atoms with Crippen molar-refractivity contribution in [1.29, 1.82) is 5.26 Å². The third-order valence-corrected chi connectivity index (χ3v) is 2.86. The van der Waals surface area contributed by atoms with Crippen LogP contribution in [0.3, 0.4) is 0 Å². The number of rotatable bonds is 5. The lowest BCUT2D eigenvalue weighted by Crippen LogP contribution is -2.27. The van der Waals surface area contributed by atoms with Crippen molar-refractivity contribution in [3.05, 3.63) is 30.1 Å². The highest BCUT2D eigenvalue weighted by molar-refractivity contribution is 5.75. The van der Waals surface area contributed by atoms with Crippen molar-refractivity contribution in [1.82, 2.24) is 14.9 Å². The van der Waals surface area contributed by atoms with Crippen LogP contribution in [-0.2, 0) is 13.0 Å². The van der Waals surface area contributed by atoms with Crippen LogP contribution in [-0.4, -0.2) is 22.1 Å². The van der Waals surface area contributed by atoms with E-state index in [1.165, 1.54) is 0 Å². The van der Waals surface area contributed by atoms with Gasteiger partial charge in [-0.2, -0.15) is 5.26 Å². The highest BCUT2D eigenvalue weighted by atomic mass is 15.1. The van der Waals surface area contributed by atoms with Gasteiger partial charge in [-0.3, -0.25) is 0 Å². The van der Waals surface area contributed by atoms with Crippen molar-refractivity contribution in [2.75, 3.05) is 6.54 Å². The van der Waals surface area contributed by atoms with Gasteiger partial charge in [0.2, 0.25) is 0 Å². The molecule has 18 heavy (non-hydrogen) atoms. The third kappa shape index (κ3) is 2.69. The molecule has 1 N–H and O–H groups in total. The van der Waals surface area contributed by atoms with E-state index >= 15 is 0 Å². The summed E-state index contributed by atoms with van der Waals surface area (Å²) in [4.78, 5) is 4.51. The van der Waals surface area contributed by atoms with E-state index in [1.807, 2.05) is 18.2 Å². The summed E-state index contributed by atoms with van der Waals surface area (Å²) in [6, 6.07) is 10.7. The Morgan fingerprint density at radius 2 is 2.17 bits per heavy atom. The maximum absolute atomic E-state index is 8.86. The van der Waals surface area contributed by atoms with E-state index in [9.17, 15) is 0 Å². The third-order valence-electron chi connectivity index (χ3n) is 2.86. The summed E-state index contributed by atoms with van der Waals surface area (Å²) in [5, 5.41) is 12.3. The molecule has 0 aliphatic carbocycles. The molecule has 94 valence electrons. The van der Waals surface area contributed by atoms with Gasteiger partial charge in [-0.05, 0) is 12.1 Å². The fourth-order valence-corrected chi connectivity index (χ4v) is 2.05. The number of benzene rings is 1. The van der Waals surface area contributed by atoms with E-state index in [0.29, 0.717) is 12.5 Å². The number of nitrogens with zero attached hydrogens (tertiary/aromatic N) is 3. The first-order valence-corrected chi connectivity index (χ1v) is 6.27. The van der Waals surface area contributed by atoms with Gasteiger partial charge in [0.15, 0.2) is 0 Å². The zero-order valence-corrected chi connectivity index (χ0v) is 10.8. The molecule has 2 aromatic rings. The lowest BCUT2D eigenvalue weighted by atomic mass is 10.3. The van der Waals surface area contributed by atoms with Crippen molar-refractivity contribution in [2.24, 2.45) is 0 Å². The smallest absolute Gasteiger partial charge is 0.124 e. The molecule has 1 aromatic heterocycles. The molecular weight excluding hydrogens is 224 g/mol. The molecule has 1 heterocycles. The monoisotopic (exact) mass is 242 g/mol. The molecule has 0 radical (unpaired) electrons. The van der Waals surface area contributed by atoms with Crippen LogP contribution in [0.2, 0.25) is 0 Å². The van der Waals surface area contributed by atoms with Crippen LogP contribution in [0, 0.1) is 11.3 Å². The molecule has 0 unspecified atom stereocenters. The average Bonchev–Trinajstić information content (AvgIpc) is 2.68. The summed E-state index contributed by atoms with van der Waals surface area (Å²) in [5.74, 6) is 0.851. The second-order valence-electron chi connectivity index (χ2n) is 4.61. The van der Waals surface area contributed by atoms with Crippen LogP contribution in [0.25, 0.3) is 11.0 Å². The Morgan fingerprint density at radius 1 is 1.39 bits per heavy atom. The highest BCUT2D eigenvalue weighted by Crippen LogP contribution is 2.15. The fourth-order valence-electron chi connectivity index (χ4n) is 2.05. The summed E-state index contributed by atoms with van der Waals surface area (Å²) >= 11 is 0. The summed E-state index contributed by atoms with van der Waals surface area (Å²) < 4.78 is 2.13. The van der Waals surface area contributed by atoms with Gasteiger partial charge < -0.3 is 9.88 Å². The van der Waals surface area contributed by atoms with Gasteiger partial charge in [-0.25, -0.2) is 4.98 Å². The van der Waals surface area contributed by atoms with Crippen LogP contribution in [0.1, 0.15) is 19.7 Å². The number of hydrogen-bond donors (Lipinski definition) is 1. The number of imidazole rings is 1. The van der Waals surface area contributed by atoms with Gasteiger partial charge >= 0.3 is 0 Å². The first-order chi connectivity index (χ1) is 8.72. The van der Waals surface area contributed by atoms with Crippen LogP contribution in [0.15, 0.2) is 24.3 Å². The Labute approximate surface area is 107 Å². The molecule has 1 aromatic carbocycles. The van der Waals surface area contributed by atoms with Gasteiger partial charge in [0.05, 0.1) is 23.5 Å². The van der Waals surface area contributed by atoms with Gasteiger partial charge in [-0.15, -0.1) is 0 Å². The summed E-state index contributed by atoms with van der Waals surface area (Å²) in [7, 11) is 0. The molecule has 0 fully saturated rings. The summed E-state index contributed by atoms with van der Waals surface area (Å²) in [5.41, 5.74) is 2.07. The van der Waals surface area contributed by atoms with Crippen LogP contribution >= 0.6 is 0 Å². The first-order valence-electron chi connectivity index (χ1n) is 6.27. The second-order valence-corrected chi connectivity index (χ2v) is 4.61. The zero-order chi connectivity index (χ0) is 13.0. The number of aromatic nitrogens is 2.